The van der Waals surface area contributed by atoms with E-state index in [9.17, 15) is 5.11 Å². The van der Waals surface area contributed by atoms with Gasteiger partial charge in [0.25, 0.3) is 0 Å². The maximum Gasteiger partial charge on any atom is 0.118 e. The number of aliphatic hydroxyl groups excluding tert-OH is 1. The normalized spacial score (nSPS) is 20.7. The number of ether oxygens (including phenoxy) is 1. The van der Waals surface area contributed by atoms with Crippen LogP contribution in [0.15, 0.2) is 24.3 Å². The minimum atomic E-state index is 0.202. The number of likely N-dealkylation sites (tertiary alicyclic amines) is 1. The van der Waals surface area contributed by atoms with Crippen LogP contribution in [0.25, 0.3) is 0 Å². The molecule has 1 fully saturated rings. The molecule has 1 atom stereocenters. The molecule has 1 aliphatic heterocycles. The monoisotopic (exact) mass is 235 g/mol. The lowest BCUT2D eigenvalue weighted by Crippen LogP contribution is -2.30. The molecule has 0 bridgehead atoms. The highest BCUT2D eigenvalue weighted by Gasteiger charge is 2.22. The topological polar surface area (TPSA) is 32.7 Å². The maximum atomic E-state index is 9.21. The molecule has 1 N–H and O–H groups in total. The quantitative estimate of drug-likeness (QED) is 0.847. The maximum absolute atomic E-state index is 9.21. The zero-order valence-electron chi connectivity index (χ0n) is 10.4. The van der Waals surface area contributed by atoms with Gasteiger partial charge in [-0.15, -0.1) is 0 Å². The number of aryl methyl sites for hydroxylation is 1. The Bertz CT molecular complexity index is 337. The van der Waals surface area contributed by atoms with Crippen molar-refractivity contribution in [3.8, 4) is 5.75 Å². The molecule has 0 aromatic heterocycles. The van der Waals surface area contributed by atoms with Gasteiger partial charge in [0.1, 0.15) is 5.75 Å². The molecule has 0 unspecified atom stereocenters. The molecule has 0 aliphatic carbocycles. The van der Waals surface area contributed by atoms with Gasteiger partial charge in [-0.05, 0) is 43.4 Å². The van der Waals surface area contributed by atoms with Crippen LogP contribution in [0.4, 0.5) is 0 Å². The average molecular weight is 235 g/mol. The van der Waals surface area contributed by atoms with Gasteiger partial charge in [-0.1, -0.05) is 12.1 Å². The Morgan fingerprint density at radius 1 is 1.35 bits per heavy atom. The average Bonchev–Trinajstić information content (AvgIpc) is 2.84. The highest BCUT2D eigenvalue weighted by Crippen LogP contribution is 2.21. The Balaban J connectivity index is 1.84. The van der Waals surface area contributed by atoms with E-state index in [0.29, 0.717) is 6.04 Å². The van der Waals surface area contributed by atoms with Gasteiger partial charge in [0.05, 0.1) is 13.8 Å². The second-order valence-electron chi connectivity index (χ2n) is 4.64. The molecule has 1 heterocycles. The van der Waals surface area contributed by atoms with Gasteiger partial charge in [0.15, 0.2) is 0 Å². The smallest absolute Gasteiger partial charge is 0.118 e. The number of nitrogens with zero attached hydrogens (tertiary/aromatic N) is 1. The molecule has 0 radical (unpaired) electrons. The van der Waals surface area contributed by atoms with Crippen LogP contribution in [-0.4, -0.2) is 36.4 Å². The van der Waals surface area contributed by atoms with Crippen molar-refractivity contribution in [2.24, 2.45) is 0 Å². The third-order valence-electron chi connectivity index (χ3n) is 3.61. The predicted molar refractivity (Wildman–Crippen MR) is 68.1 cm³/mol. The molecule has 1 saturated heterocycles. The molecule has 3 heteroatoms. The second-order valence-corrected chi connectivity index (χ2v) is 4.64. The molecular formula is C14H21NO2. The van der Waals surface area contributed by atoms with Crippen LogP contribution in [0.5, 0.6) is 5.75 Å². The van der Waals surface area contributed by atoms with Crippen LogP contribution in [-0.2, 0) is 6.42 Å². The largest absolute Gasteiger partial charge is 0.497 e. The SMILES string of the molecule is COc1ccc(CC[C@H]2CCCN2CO)cc1. The standard InChI is InChI=1S/C14H21NO2/c1-17-14-8-5-12(6-9-14)4-7-13-3-2-10-15(13)11-16/h5-6,8-9,13,16H,2-4,7,10-11H2,1H3/t13-/m1/s1. The van der Waals surface area contributed by atoms with Gasteiger partial charge in [0, 0.05) is 12.6 Å². The van der Waals surface area contributed by atoms with E-state index < -0.39 is 0 Å². The summed E-state index contributed by atoms with van der Waals surface area (Å²) in [7, 11) is 1.69. The summed E-state index contributed by atoms with van der Waals surface area (Å²) in [6.07, 6.45) is 4.64. The Kier molecular flexibility index (Phi) is 4.40. The van der Waals surface area contributed by atoms with Gasteiger partial charge in [-0.2, -0.15) is 0 Å². The zero-order chi connectivity index (χ0) is 12.1. The van der Waals surface area contributed by atoms with E-state index in [1.54, 1.807) is 7.11 Å². The summed E-state index contributed by atoms with van der Waals surface area (Å²) < 4.78 is 5.14. The number of rotatable bonds is 5. The van der Waals surface area contributed by atoms with E-state index in [0.717, 1.165) is 25.1 Å². The van der Waals surface area contributed by atoms with Crippen molar-refractivity contribution in [2.75, 3.05) is 20.4 Å². The van der Waals surface area contributed by atoms with E-state index in [4.69, 9.17) is 4.74 Å². The second kappa shape index (κ2) is 6.03. The first kappa shape index (κ1) is 12.4. The van der Waals surface area contributed by atoms with Crippen molar-refractivity contribution >= 4 is 0 Å². The van der Waals surface area contributed by atoms with Crippen molar-refractivity contribution in [1.29, 1.82) is 0 Å². The van der Waals surface area contributed by atoms with Gasteiger partial charge in [-0.3, -0.25) is 4.90 Å². The summed E-state index contributed by atoms with van der Waals surface area (Å²) in [4.78, 5) is 2.17. The van der Waals surface area contributed by atoms with Crippen molar-refractivity contribution in [2.45, 2.75) is 31.7 Å². The van der Waals surface area contributed by atoms with Crippen LogP contribution < -0.4 is 4.74 Å². The Hall–Kier alpha value is -1.06. The zero-order valence-corrected chi connectivity index (χ0v) is 10.4. The summed E-state index contributed by atoms with van der Waals surface area (Å²) in [5.74, 6) is 0.909. The number of hydrogen-bond acceptors (Lipinski definition) is 3. The van der Waals surface area contributed by atoms with Crippen molar-refractivity contribution in [3.05, 3.63) is 29.8 Å². The molecule has 0 saturated carbocycles. The number of hydrogen-bond donors (Lipinski definition) is 1. The van der Waals surface area contributed by atoms with E-state index in [-0.39, 0.29) is 6.73 Å². The third-order valence-corrected chi connectivity index (χ3v) is 3.61. The summed E-state index contributed by atoms with van der Waals surface area (Å²) in [5, 5.41) is 9.21. The predicted octanol–water partition coefficient (Wildman–Crippen LogP) is 2.04. The van der Waals surface area contributed by atoms with Crippen LogP contribution in [0.2, 0.25) is 0 Å². The molecular weight excluding hydrogens is 214 g/mol. The molecule has 0 amide bonds. The van der Waals surface area contributed by atoms with E-state index in [1.807, 2.05) is 12.1 Å². The fraction of sp³-hybridized carbons (Fsp3) is 0.571. The molecule has 3 nitrogen and oxygen atoms in total. The van der Waals surface area contributed by atoms with Crippen LogP contribution in [0.1, 0.15) is 24.8 Å². The van der Waals surface area contributed by atoms with Crippen molar-refractivity contribution in [3.63, 3.8) is 0 Å². The Morgan fingerprint density at radius 3 is 2.76 bits per heavy atom. The van der Waals surface area contributed by atoms with Gasteiger partial charge in [-0.25, -0.2) is 0 Å². The first-order valence-electron chi connectivity index (χ1n) is 6.31. The first-order chi connectivity index (χ1) is 8.33. The summed E-state index contributed by atoms with van der Waals surface area (Å²) in [5.41, 5.74) is 1.34. The molecule has 17 heavy (non-hydrogen) atoms. The molecule has 94 valence electrons. The number of benzene rings is 1. The fourth-order valence-electron chi connectivity index (χ4n) is 2.53. The molecule has 2 rings (SSSR count). The van der Waals surface area contributed by atoms with Crippen LogP contribution in [0, 0.1) is 0 Å². The molecule has 0 spiro atoms. The highest BCUT2D eigenvalue weighted by atomic mass is 16.5. The fourth-order valence-corrected chi connectivity index (χ4v) is 2.53. The van der Waals surface area contributed by atoms with Gasteiger partial charge < -0.3 is 9.84 Å². The third kappa shape index (κ3) is 3.20. The molecule has 1 aromatic rings. The van der Waals surface area contributed by atoms with Crippen molar-refractivity contribution < 1.29 is 9.84 Å². The summed E-state index contributed by atoms with van der Waals surface area (Å²) in [6.45, 7) is 1.25. The van der Waals surface area contributed by atoms with E-state index in [2.05, 4.69) is 17.0 Å². The highest BCUT2D eigenvalue weighted by molar-refractivity contribution is 5.27. The summed E-state index contributed by atoms with van der Waals surface area (Å²) in [6, 6.07) is 8.82. The van der Waals surface area contributed by atoms with Crippen molar-refractivity contribution in [1.82, 2.24) is 4.90 Å². The van der Waals surface area contributed by atoms with E-state index in [1.165, 1.54) is 18.4 Å². The first-order valence-corrected chi connectivity index (χ1v) is 6.31. The number of methoxy groups -OCH3 is 1. The van der Waals surface area contributed by atoms with Crippen LogP contribution in [0.3, 0.4) is 0 Å². The van der Waals surface area contributed by atoms with Crippen LogP contribution >= 0.6 is 0 Å². The number of aliphatic hydroxyl groups is 1. The Labute approximate surface area is 103 Å². The molecule has 1 aromatic carbocycles. The van der Waals surface area contributed by atoms with E-state index >= 15 is 0 Å². The lowest BCUT2D eigenvalue weighted by atomic mass is 10.0. The minimum absolute atomic E-state index is 0.202. The lowest BCUT2D eigenvalue weighted by Gasteiger charge is -2.21. The minimum Gasteiger partial charge on any atom is -0.497 e. The molecule has 1 aliphatic rings. The van der Waals surface area contributed by atoms with Gasteiger partial charge >= 0.3 is 0 Å². The Morgan fingerprint density at radius 2 is 2.12 bits per heavy atom. The summed E-state index contributed by atoms with van der Waals surface area (Å²) >= 11 is 0. The lowest BCUT2D eigenvalue weighted by molar-refractivity contribution is 0.0931. The van der Waals surface area contributed by atoms with Gasteiger partial charge in [0.2, 0.25) is 0 Å².